The van der Waals surface area contributed by atoms with Gasteiger partial charge in [0.05, 0.1) is 37.4 Å². The fourth-order valence-corrected chi connectivity index (χ4v) is 5.10. The van der Waals surface area contributed by atoms with E-state index in [4.69, 9.17) is 18.6 Å². The van der Waals surface area contributed by atoms with Crippen LogP contribution >= 0.6 is 0 Å². The summed E-state index contributed by atoms with van der Waals surface area (Å²) >= 11 is 0. The molecule has 0 aliphatic carbocycles. The van der Waals surface area contributed by atoms with Crippen LogP contribution in [0.25, 0.3) is 0 Å². The largest absolute Gasteiger partial charge is 0.465 e. The van der Waals surface area contributed by atoms with Gasteiger partial charge in [0.15, 0.2) is 14.6 Å². The Morgan fingerprint density at radius 3 is 2.12 bits per heavy atom. The van der Waals surface area contributed by atoms with Crippen LogP contribution in [0, 0.1) is 17.3 Å². The molecule has 1 fully saturated rings. The second-order valence-corrected chi connectivity index (χ2v) is 16.9. The maximum Gasteiger partial charge on any atom is 0.311 e. The van der Waals surface area contributed by atoms with Crippen LogP contribution in [0.3, 0.4) is 0 Å². The molecule has 0 aromatic heterocycles. The Bertz CT molecular complexity index is 560. The lowest BCUT2D eigenvalue weighted by molar-refractivity contribution is -0.190. The minimum absolute atomic E-state index is 0.00297. The smallest absolute Gasteiger partial charge is 0.311 e. The van der Waals surface area contributed by atoms with Crippen LogP contribution in [-0.2, 0) is 23.4 Å². The average Bonchev–Trinajstić information content (AvgIpc) is 2.65. The highest BCUT2D eigenvalue weighted by Crippen LogP contribution is 2.40. The molecule has 1 heterocycles. The monoisotopic (exact) mass is 474 g/mol. The first-order valence-corrected chi connectivity index (χ1v) is 15.2. The fourth-order valence-electron chi connectivity index (χ4n) is 3.61. The number of esters is 1. The summed E-state index contributed by atoms with van der Waals surface area (Å²) in [4.78, 5) is 12.0. The molecule has 190 valence electrons. The van der Waals surface area contributed by atoms with E-state index in [2.05, 4.69) is 47.7 Å². The van der Waals surface area contributed by atoms with Gasteiger partial charge in [0.25, 0.3) is 0 Å². The molecule has 0 saturated carbocycles. The molecule has 0 bridgehead atoms. The summed E-state index contributed by atoms with van der Waals surface area (Å²) in [6, 6.07) is 0. The molecular weight excluding hydrogens is 424 g/mol. The number of aliphatic hydroxyl groups is 1. The van der Waals surface area contributed by atoms with Gasteiger partial charge in [-0.15, -0.1) is 0 Å². The number of aliphatic hydroxyl groups excluding tert-OH is 1. The van der Waals surface area contributed by atoms with E-state index >= 15 is 0 Å². The Kier molecular flexibility index (Phi) is 11.4. The molecule has 4 atom stereocenters. The number of carbonyl (C=O) groups is 1. The van der Waals surface area contributed by atoms with Gasteiger partial charge in [-0.2, -0.15) is 0 Å². The quantitative estimate of drug-likeness (QED) is 0.313. The molecule has 0 radical (unpaired) electrons. The summed E-state index contributed by atoms with van der Waals surface area (Å²) in [5, 5.41) is 10.8. The van der Waals surface area contributed by atoms with Crippen molar-refractivity contribution in [3.05, 3.63) is 0 Å². The number of ether oxygens (including phenoxy) is 3. The molecule has 7 heteroatoms. The van der Waals surface area contributed by atoms with E-state index in [1.54, 1.807) is 0 Å². The van der Waals surface area contributed by atoms with Crippen molar-refractivity contribution in [3.8, 4) is 0 Å². The Balaban J connectivity index is 2.77. The van der Waals surface area contributed by atoms with Crippen LogP contribution in [0.1, 0.15) is 81.1 Å². The van der Waals surface area contributed by atoms with Crippen molar-refractivity contribution in [3.63, 3.8) is 0 Å². The first-order valence-electron chi connectivity index (χ1n) is 12.3. The SMILES string of the molecule is C[C@H](C[C@@H](O)CCOC(=O)C(C)(C)C)[C@H](O[Si](C)(C)C(C)(C)C)[C@@H](C)CC1OCCCO1. The van der Waals surface area contributed by atoms with Gasteiger partial charge in [0, 0.05) is 12.8 Å². The minimum atomic E-state index is -2.00. The Labute approximate surface area is 197 Å². The summed E-state index contributed by atoms with van der Waals surface area (Å²) in [7, 11) is -2.00. The molecule has 32 heavy (non-hydrogen) atoms. The highest BCUT2D eigenvalue weighted by molar-refractivity contribution is 6.74. The van der Waals surface area contributed by atoms with Crippen LogP contribution in [0.2, 0.25) is 18.1 Å². The number of hydrogen-bond donors (Lipinski definition) is 1. The van der Waals surface area contributed by atoms with Gasteiger partial charge < -0.3 is 23.7 Å². The van der Waals surface area contributed by atoms with E-state index in [-0.39, 0.29) is 41.8 Å². The van der Waals surface area contributed by atoms with E-state index in [0.717, 1.165) is 26.1 Å². The molecule has 1 aliphatic heterocycles. The van der Waals surface area contributed by atoms with E-state index in [9.17, 15) is 9.90 Å². The zero-order valence-electron chi connectivity index (χ0n) is 22.3. The molecule has 6 nitrogen and oxygen atoms in total. The number of hydrogen-bond acceptors (Lipinski definition) is 6. The summed E-state index contributed by atoms with van der Waals surface area (Å²) in [5.41, 5.74) is -0.529. The number of rotatable bonds is 11. The highest BCUT2D eigenvalue weighted by Gasteiger charge is 2.42. The van der Waals surface area contributed by atoms with Crippen molar-refractivity contribution in [2.75, 3.05) is 19.8 Å². The van der Waals surface area contributed by atoms with Crippen LogP contribution < -0.4 is 0 Å². The predicted molar refractivity (Wildman–Crippen MR) is 131 cm³/mol. The standard InChI is InChI=1S/C25H50O6Si/c1-18(16-20(26)12-15-30-23(27)24(3,4)5)22(31-32(9,10)25(6,7)8)19(2)17-21-28-13-11-14-29-21/h18-22,26H,11-17H2,1-10H3/t18-,19+,20+,22+/m1/s1. The maximum absolute atomic E-state index is 12.0. The van der Waals surface area contributed by atoms with Crippen molar-refractivity contribution >= 4 is 14.3 Å². The summed E-state index contributed by atoms with van der Waals surface area (Å²) < 4.78 is 23.8. The molecule has 0 unspecified atom stereocenters. The van der Waals surface area contributed by atoms with E-state index in [1.807, 2.05) is 20.8 Å². The van der Waals surface area contributed by atoms with Crippen LogP contribution in [-0.4, -0.2) is 57.7 Å². The topological polar surface area (TPSA) is 74.2 Å². The molecule has 0 amide bonds. The molecule has 1 saturated heterocycles. The second kappa shape index (κ2) is 12.3. The highest BCUT2D eigenvalue weighted by atomic mass is 28.4. The molecule has 1 aliphatic rings. The maximum atomic E-state index is 12.0. The molecule has 0 spiro atoms. The first kappa shape index (κ1) is 29.6. The Morgan fingerprint density at radius 1 is 1.06 bits per heavy atom. The molecule has 1 rings (SSSR count). The van der Waals surface area contributed by atoms with Gasteiger partial charge in [-0.3, -0.25) is 4.79 Å². The lowest BCUT2D eigenvalue weighted by Crippen LogP contribution is -2.48. The Morgan fingerprint density at radius 2 is 1.62 bits per heavy atom. The lowest BCUT2D eigenvalue weighted by Gasteiger charge is -2.43. The summed E-state index contributed by atoms with van der Waals surface area (Å²) in [6.45, 7) is 22.9. The zero-order chi connectivity index (χ0) is 24.7. The van der Waals surface area contributed by atoms with Crippen LogP contribution in [0.4, 0.5) is 0 Å². The number of carbonyl (C=O) groups excluding carboxylic acids is 1. The normalized spacial score (nSPS) is 20.5. The van der Waals surface area contributed by atoms with Gasteiger partial charge in [0.2, 0.25) is 0 Å². The van der Waals surface area contributed by atoms with Crippen molar-refractivity contribution in [1.29, 1.82) is 0 Å². The van der Waals surface area contributed by atoms with Crippen LogP contribution in [0.5, 0.6) is 0 Å². The van der Waals surface area contributed by atoms with Crippen molar-refractivity contribution in [2.24, 2.45) is 17.3 Å². The predicted octanol–water partition coefficient (Wildman–Crippen LogP) is 5.53. The fraction of sp³-hybridized carbons (Fsp3) is 0.960. The van der Waals surface area contributed by atoms with Gasteiger partial charge >= 0.3 is 5.97 Å². The van der Waals surface area contributed by atoms with Gasteiger partial charge in [-0.05, 0) is 63.6 Å². The third kappa shape index (κ3) is 9.80. The first-order chi connectivity index (χ1) is 14.5. The van der Waals surface area contributed by atoms with E-state index < -0.39 is 19.8 Å². The van der Waals surface area contributed by atoms with E-state index in [1.165, 1.54) is 0 Å². The van der Waals surface area contributed by atoms with Crippen molar-refractivity contribution < 1.29 is 28.5 Å². The molecular formula is C25H50O6Si. The van der Waals surface area contributed by atoms with Crippen molar-refractivity contribution in [1.82, 2.24) is 0 Å². The second-order valence-electron chi connectivity index (χ2n) is 12.1. The minimum Gasteiger partial charge on any atom is -0.465 e. The Hall–Kier alpha value is -0.473. The van der Waals surface area contributed by atoms with Gasteiger partial charge in [0.1, 0.15) is 0 Å². The molecule has 1 N–H and O–H groups in total. The lowest BCUT2D eigenvalue weighted by atomic mass is 9.87. The van der Waals surface area contributed by atoms with Gasteiger partial charge in [-0.1, -0.05) is 34.6 Å². The summed E-state index contributed by atoms with van der Waals surface area (Å²) in [6.07, 6.45) is 2.03. The zero-order valence-corrected chi connectivity index (χ0v) is 23.3. The van der Waals surface area contributed by atoms with Crippen LogP contribution in [0.15, 0.2) is 0 Å². The summed E-state index contributed by atoms with van der Waals surface area (Å²) in [5.74, 6) is 0.141. The third-order valence-electron chi connectivity index (χ3n) is 6.76. The molecule has 0 aromatic carbocycles. The van der Waals surface area contributed by atoms with Crippen molar-refractivity contribution in [2.45, 2.75) is 118 Å². The molecule has 0 aromatic rings. The van der Waals surface area contributed by atoms with E-state index in [0.29, 0.717) is 12.8 Å². The average molecular weight is 475 g/mol. The third-order valence-corrected chi connectivity index (χ3v) is 11.2. The van der Waals surface area contributed by atoms with Gasteiger partial charge in [-0.25, -0.2) is 0 Å².